The predicted molar refractivity (Wildman–Crippen MR) is 71.5 cm³/mol. The van der Waals surface area contributed by atoms with Crippen molar-refractivity contribution in [3.05, 3.63) is 33.8 Å². The average molecular weight is 270 g/mol. The third kappa shape index (κ3) is 2.94. The molecule has 0 saturated heterocycles. The molecule has 0 radical (unpaired) electrons. The second kappa shape index (κ2) is 5.00. The highest BCUT2D eigenvalue weighted by molar-refractivity contribution is 6.42. The normalized spacial score (nSPS) is 10.8. The lowest BCUT2D eigenvalue weighted by Crippen LogP contribution is -2.43. The molecule has 90 valence electrons. The van der Waals surface area contributed by atoms with Gasteiger partial charge in [-0.2, -0.15) is 0 Å². The lowest BCUT2D eigenvalue weighted by Gasteiger charge is -2.31. The van der Waals surface area contributed by atoms with Crippen molar-refractivity contribution in [2.24, 2.45) is 0 Å². The molecule has 0 spiro atoms. The third-order valence-electron chi connectivity index (χ3n) is 2.66. The number of amides is 1. The average Bonchev–Trinajstić information content (AvgIpc) is 2.30. The summed E-state index contributed by atoms with van der Waals surface area (Å²) in [6.45, 7) is 3.59. The number of rotatable bonds is 2. The fourth-order valence-electron chi connectivity index (χ4n) is 1.17. The van der Waals surface area contributed by atoms with Gasteiger partial charge in [0, 0.05) is 12.6 Å². The molecule has 1 aromatic carbocycles. The van der Waals surface area contributed by atoms with Gasteiger partial charge in [0.25, 0.3) is 5.91 Å². The van der Waals surface area contributed by atoms with E-state index < -0.39 is 5.54 Å². The van der Waals surface area contributed by atoms with Crippen molar-refractivity contribution >= 4 is 29.1 Å². The van der Waals surface area contributed by atoms with Crippen LogP contribution in [0.1, 0.15) is 24.2 Å². The largest absolute Gasteiger partial charge is 0.326 e. The molecule has 0 bridgehead atoms. The molecule has 0 aromatic heterocycles. The number of hydrogen-bond acceptors (Lipinski definition) is 1. The van der Waals surface area contributed by atoms with Crippen LogP contribution in [0.3, 0.4) is 0 Å². The first-order chi connectivity index (χ1) is 7.79. The van der Waals surface area contributed by atoms with Crippen molar-refractivity contribution < 1.29 is 4.79 Å². The Morgan fingerprint density at radius 3 is 2.41 bits per heavy atom. The van der Waals surface area contributed by atoms with Crippen molar-refractivity contribution in [3.8, 4) is 12.3 Å². The van der Waals surface area contributed by atoms with Crippen LogP contribution in [-0.2, 0) is 0 Å². The molecule has 0 aliphatic carbocycles. The maximum Gasteiger partial charge on any atom is 0.254 e. The fourth-order valence-corrected chi connectivity index (χ4v) is 1.47. The molecule has 2 nitrogen and oxygen atoms in total. The van der Waals surface area contributed by atoms with E-state index in [2.05, 4.69) is 5.92 Å². The summed E-state index contributed by atoms with van der Waals surface area (Å²) in [5.74, 6) is 2.38. The van der Waals surface area contributed by atoms with Gasteiger partial charge in [0.15, 0.2) is 0 Å². The Morgan fingerprint density at radius 1 is 1.35 bits per heavy atom. The van der Waals surface area contributed by atoms with Crippen LogP contribution in [0.2, 0.25) is 10.0 Å². The standard InChI is InChI=1S/C13H13Cl2NO/c1-5-13(2,3)16(4)12(17)9-6-7-10(14)11(15)8-9/h1,6-8H,2-4H3. The Hall–Kier alpha value is -1.17. The highest BCUT2D eigenvalue weighted by atomic mass is 35.5. The van der Waals surface area contributed by atoms with Crippen molar-refractivity contribution in [2.75, 3.05) is 7.05 Å². The summed E-state index contributed by atoms with van der Waals surface area (Å²) in [7, 11) is 1.66. The minimum atomic E-state index is -0.650. The van der Waals surface area contributed by atoms with Crippen LogP contribution in [0, 0.1) is 12.3 Å². The van der Waals surface area contributed by atoms with Crippen LogP contribution in [0.5, 0.6) is 0 Å². The summed E-state index contributed by atoms with van der Waals surface area (Å²) in [5.41, 5.74) is -0.186. The first kappa shape index (κ1) is 13.9. The number of carbonyl (C=O) groups excluding carboxylic acids is 1. The Labute approximate surface area is 112 Å². The lowest BCUT2D eigenvalue weighted by molar-refractivity contribution is 0.0701. The van der Waals surface area contributed by atoms with Gasteiger partial charge in [0.1, 0.15) is 0 Å². The van der Waals surface area contributed by atoms with Gasteiger partial charge in [0.05, 0.1) is 15.6 Å². The number of terminal acetylenes is 1. The van der Waals surface area contributed by atoms with Crippen LogP contribution in [0.4, 0.5) is 0 Å². The molecule has 17 heavy (non-hydrogen) atoms. The van der Waals surface area contributed by atoms with E-state index in [1.807, 2.05) is 0 Å². The predicted octanol–water partition coefficient (Wildman–Crippen LogP) is 3.48. The SMILES string of the molecule is C#CC(C)(C)N(C)C(=O)c1ccc(Cl)c(Cl)c1. The van der Waals surface area contributed by atoms with Crippen LogP contribution in [-0.4, -0.2) is 23.4 Å². The topological polar surface area (TPSA) is 20.3 Å². The summed E-state index contributed by atoms with van der Waals surface area (Å²) >= 11 is 11.7. The molecule has 4 heteroatoms. The Morgan fingerprint density at radius 2 is 1.94 bits per heavy atom. The smallest absolute Gasteiger partial charge is 0.254 e. The quantitative estimate of drug-likeness (QED) is 0.753. The van der Waals surface area contributed by atoms with Crippen molar-refractivity contribution in [1.29, 1.82) is 0 Å². The molecule has 1 aromatic rings. The van der Waals surface area contributed by atoms with Crippen LogP contribution in [0.25, 0.3) is 0 Å². The van der Waals surface area contributed by atoms with Crippen LogP contribution >= 0.6 is 23.2 Å². The van der Waals surface area contributed by atoms with E-state index in [9.17, 15) is 4.79 Å². The van der Waals surface area contributed by atoms with E-state index in [0.29, 0.717) is 15.6 Å². The summed E-state index contributed by atoms with van der Waals surface area (Å²) in [6.07, 6.45) is 5.39. The van der Waals surface area contributed by atoms with Crippen LogP contribution in [0.15, 0.2) is 18.2 Å². The van der Waals surface area contributed by atoms with E-state index in [-0.39, 0.29) is 5.91 Å². The van der Waals surface area contributed by atoms with Gasteiger partial charge < -0.3 is 4.90 Å². The molecule has 0 unspecified atom stereocenters. The minimum Gasteiger partial charge on any atom is -0.326 e. The summed E-state index contributed by atoms with van der Waals surface area (Å²) in [6, 6.07) is 4.75. The Kier molecular flexibility index (Phi) is 4.08. The second-order valence-electron chi connectivity index (χ2n) is 4.20. The first-order valence-electron chi connectivity index (χ1n) is 5.00. The summed E-state index contributed by atoms with van der Waals surface area (Å²) < 4.78 is 0. The molecule has 0 aliphatic heterocycles. The zero-order valence-corrected chi connectivity index (χ0v) is 11.4. The minimum absolute atomic E-state index is 0.188. The number of halogens is 2. The number of benzene rings is 1. The molecule has 0 aliphatic rings. The molecular formula is C13H13Cl2NO. The van der Waals surface area contributed by atoms with Gasteiger partial charge in [-0.15, -0.1) is 6.42 Å². The van der Waals surface area contributed by atoms with E-state index in [4.69, 9.17) is 29.6 Å². The van der Waals surface area contributed by atoms with E-state index in [0.717, 1.165) is 0 Å². The van der Waals surface area contributed by atoms with Gasteiger partial charge >= 0.3 is 0 Å². The molecule has 0 saturated carbocycles. The molecule has 1 amide bonds. The number of nitrogens with zero attached hydrogens (tertiary/aromatic N) is 1. The van der Waals surface area contributed by atoms with Crippen molar-refractivity contribution in [1.82, 2.24) is 4.90 Å². The van der Waals surface area contributed by atoms with Crippen LogP contribution < -0.4 is 0 Å². The lowest BCUT2D eigenvalue weighted by atomic mass is 10.0. The number of hydrogen-bond donors (Lipinski definition) is 0. The molecular weight excluding hydrogens is 257 g/mol. The third-order valence-corrected chi connectivity index (χ3v) is 3.40. The highest BCUT2D eigenvalue weighted by Crippen LogP contribution is 2.24. The van der Waals surface area contributed by atoms with E-state index >= 15 is 0 Å². The molecule has 0 fully saturated rings. The monoisotopic (exact) mass is 269 g/mol. The Balaban J connectivity index is 3.06. The van der Waals surface area contributed by atoms with Crippen molar-refractivity contribution in [2.45, 2.75) is 19.4 Å². The second-order valence-corrected chi connectivity index (χ2v) is 5.01. The zero-order chi connectivity index (χ0) is 13.2. The Bertz CT molecular complexity index is 489. The van der Waals surface area contributed by atoms with Gasteiger partial charge in [-0.3, -0.25) is 4.79 Å². The fraction of sp³-hybridized carbons (Fsp3) is 0.308. The number of carbonyl (C=O) groups is 1. The molecule has 0 N–H and O–H groups in total. The van der Waals surface area contributed by atoms with Gasteiger partial charge in [-0.05, 0) is 32.0 Å². The zero-order valence-electron chi connectivity index (χ0n) is 9.92. The summed E-state index contributed by atoms with van der Waals surface area (Å²) in [4.78, 5) is 13.6. The molecule has 0 heterocycles. The maximum absolute atomic E-state index is 12.1. The maximum atomic E-state index is 12.1. The molecule has 0 atom stereocenters. The first-order valence-corrected chi connectivity index (χ1v) is 5.76. The molecule has 1 rings (SSSR count). The van der Waals surface area contributed by atoms with Gasteiger partial charge in [0.2, 0.25) is 0 Å². The van der Waals surface area contributed by atoms with Gasteiger partial charge in [-0.25, -0.2) is 0 Å². The van der Waals surface area contributed by atoms with E-state index in [1.165, 1.54) is 11.0 Å². The van der Waals surface area contributed by atoms with Gasteiger partial charge in [-0.1, -0.05) is 29.1 Å². The highest BCUT2D eigenvalue weighted by Gasteiger charge is 2.26. The summed E-state index contributed by atoms with van der Waals surface area (Å²) in [5, 5.41) is 0.770. The van der Waals surface area contributed by atoms with Crippen molar-refractivity contribution in [3.63, 3.8) is 0 Å². The van der Waals surface area contributed by atoms with E-state index in [1.54, 1.807) is 33.0 Å².